The first-order valence-corrected chi connectivity index (χ1v) is 6.09. The molecule has 3 nitrogen and oxygen atoms in total. The Morgan fingerprint density at radius 2 is 1.84 bits per heavy atom. The Kier molecular flexibility index (Phi) is 4.27. The second-order valence-corrected chi connectivity index (χ2v) is 4.27. The van der Waals surface area contributed by atoms with Gasteiger partial charge in [0, 0.05) is 13.1 Å². The Hall–Kier alpha value is -1.75. The van der Waals surface area contributed by atoms with Crippen LogP contribution < -0.4 is 0 Å². The van der Waals surface area contributed by atoms with Crippen molar-refractivity contribution >= 4 is 12.0 Å². The van der Waals surface area contributed by atoms with Crippen molar-refractivity contribution in [2.24, 2.45) is 0 Å². The molecule has 0 aromatic heterocycles. The maximum Gasteiger partial charge on any atom is 0.343 e. The number of ether oxygens (including phenoxy) is 1. The molecule has 0 aliphatic carbocycles. The van der Waals surface area contributed by atoms with Crippen LogP contribution in [0.1, 0.15) is 5.56 Å². The minimum absolute atomic E-state index is 0.216. The van der Waals surface area contributed by atoms with Crippen molar-refractivity contribution in [1.82, 2.24) is 4.90 Å². The van der Waals surface area contributed by atoms with Crippen LogP contribution >= 0.6 is 0 Å². The monoisotopic (exact) mass is 267 g/mol. The minimum Gasteiger partial charge on any atom is -0.378 e. The molecule has 1 aliphatic rings. The van der Waals surface area contributed by atoms with E-state index < -0.39 is 11.8 Å². The molecule has 1 amide bonds. The second kappa shape index (κ2) is 5.93. The summed E-state index contributed by atoms with van der Waals surface area (Å²) in [6.07, 6.45) is 1.92. The molecule has 0 N–H and O–H groups in total. The molecule has 2 rings (SSSR count). The molecule has 0 bridgehead atoms. The average Bonchev–Trinajstić information content (AvgIpc) is 2.46. The number of carbonyl (C=O) groups is 1. The van der Waals surface area contributed by atoms with Crippen LogP contribution in [0.3, 0.4) is 0 Å². The normalized spacial score (nSPS) is 16.8. The smallest absolute Gasteiger partial charge is 0.343 e. The Labute approximate surface area is 110 Å². The lowest BCUT2D eigenvalue weighted by molar-refractivity contribution is -0.154. The number of alkyl halides is 2. The molecule has 1 heterocycles. The fraction of sp³-hybridized carbons (Fsp3) is 0.357. The van der Waals surface area contributed by atoms with Crippen molar-refractivity contribution in [1.29, 1.82) is 0 Å². The van der Waals surface area contributed by atoms with Gasteiger partial charge >= 0.3 is 5.92 Å². The number of amides is 1. The highest BCUT2D eigenvalue weighted by atomic mass is 19.3. The minimum atomic E-state index is -3.48. The van der Waals surface area contributed by atoms with Crippen LogP contribution in [0.4, 0.5) is 8.78 Å². The topological polar surface area (TPSA) is 29.5 Å². The number of benzene rings is 1. The van der Waals surface area contributed by atoms with Crippen molar-refractivity contribution in [3.8, 4) is 0 Å². The van der Waals surface area contributed by atoms with Gasteiger partial charge in [0.25, 0.3) is 5.91 Å². The van der Waals surface area contributed by atoms with E-state index in [-0.39, 0.29) is 13.1 Å². The zero-order valence-electron chi connectivity index (χ0n) is 10.4. The second-order valence-electron chi connectivity index (χ2n) is 4.27. The van der Waals surface area contributed by atoms with Crippen LogP contribution in [-0.4, -0.2) is 43.0 Å². The lowest BCUT2D eigenvalue weighted by Crippen LogP contribution is -2.47. The predicted octanol–water partition coefficient (Wildman–Crippen LogP) is 2.19. The van der Waals surface area contributed by atoms with Gasteiger partial charge in [-0.15, -0.1) is 0 Å². The van der Waals surface area contributed by atoms with Gasteiger partial charge in [0.2, 0.25) is 0 Å². The van der Waals surface area contributed by atoms with Gasteiger partial charge in [-0.05, 0) is 11.6 Å². The van der Waals surface area contributed by atoms with Gasteiger partial charge in [-0.2, -0.15) is 8.78 Å². The first-order chi connectivity index (χ1) is 9.09. The largest absolute Gasteiger partial charge is 0.378 e. The van der Waals surface area contributed by atoms with Crippen molar-refractivity contribution < 1.29 is 18.3 Å². The van der Waals surface area contributed by atoms with E-state index in [1.807, 2.05) is 0 Å². The van der Waals surface area contributed by atoms with Crippen molar-refractivity contribution in [2.45, 2.75) is 5.92 Å². The quantitative estimate of drug-likeness (QED) is 0.840. The molecule has 1 fully saturated rings. The molecular formula is C14H15F2NO2. The van der Waals surface area contributed by atoms with Crippen molar-refractivity contribution in [2.75, 3.05) is 26.3 Å². The zero-order chi connectivity index (χ0) is 13.7. The van der Waals surface area contributed by atoms with Gasteiger partial charge in [0.05, 0.1) is 13.2 Å². The fourth-order valence-electron chi connectivity index (χ4n) is 1.81. The van der Waals surface area contributed by atoms with E-state index in [0.717, 1.165) is 4.90 Å². The Morgan fingerprint density at radius 3 is 2.47 bits per heavy atom. The van der Waals surface area contributed by atoms with Crippen molar-refractivity contribution in [3.63, 3.8) is 0 Å². The lowest BCUT2D eigenvalue weighted by Gasteiger charge is -2.29. The summed E-state index contributed by atoms with van der Waals surface area (Å²) >= 11 is 0. The maximum atomic E-state index is 13.8. The van der Waals surface area contributed by atoms with E-state index in [2.05, 4.69) is 0 Å². The van der Waals surface area contributed by atoms with Crippen LogP contribution in [-0.2, 0) is 9.53 Å². The zero-order valence-corrected chi connectivity index (χ0v) is 10.4. The van der Waals surface area contributed by atoms with E-state index in [4.69, 9.17) is 4.74 Å². The molecule has 102 valence electrons. The molecule has 1 aromatic carbocycles. The molecule has 1 aromatic rings. The molecule has 1 saturated heterocycles. The average molecular weight is 267 g/mol. The van der Waals surface area contributed by atoms with Gasteiger partial charge in [-0.3, -0.25) is 4.79 Å². The predicted molar refractivity (Wildman–Crippen MR) is 67.8 cm³/mol. The van der Waals surface area contributed by atoms with Gasteiger partial charge in [0.1, 0.15) is 0 Å². The highest BCUT2D eigenvalue weighted by Crippen LogP contribution is 2.21. The number of nitrogens with zero attached hydrogens (tertiary/aromatic N) is 1. The van der Waals surface area contributed by atoms with E-state index in [1.165, 1.54) is 6.08 Å². The first kappa shape index (κ1) is 13.7. The van der Waals surface area contributed by atoms with Crippen LogP contribution in [0, 0.1) is 0 Å². The molecule has 19 heavy (non-hydrogen) atoms. The summed E-state index contributed by atoms with van der Waals surface area (Å²) in [7, 11) is 0. The fourth-order valence-corrected chi connectivity index (χ4v) is 1.81. The van der Waals surface area contributed by atoms with E-state index in [1.54, 1.807) is 30.3 Å². The summed E-state index contributed by atoms with van der Waals surface area (Å²) in [6, 6.07) is 8.70. The van der Waals surface area contributed by atoms with E-state index in [9.17, 15) is 13.6 Å². The van der Waals surface area contributed by atoms with Crippen LogP contribution in [0.15, 0.2) is 36.4 Å². The third-order valence-electron chi connectivity index (χ3n) is 2.87. The summed E-state index contributed by atoms with van der Waals surface area (Å²) in [6.45, 7) is 1.05. The molecule has 0 unspecified atom stereocenters. The number of hydrogen-bond donors (Lipinski definition) is 0. The number of halogens is 2. The summed E-state index contributed by atoms with van der Waals surface area (Å²) < 4.78 is 32.6. The number of morpholine rings is 1. The molecule has 5 heteroatoms. The molecule has 1 aliphatic heterocycles. The van der Waals surface area contributed by atoms with Gasteiger partial charge < -0.3 is 9.64 Å². The van der Waals surface area contributed by atoms with Crippen LogP contribution in [0.2, 0.25) is 0 Å². The third kappa shape index (κ3) is 3.61. The SMILES string of the molecule is O=C(N1CCOCC1)C(F)(F)/C=C/c1ccccc1. The summed E-state index contributed by atoms with van der Waals surface area (Å²) in [5, 5.41) is 0. The highest BCUT2D eigenvalue weighted by molar-refractivity contribution is 5.86. The third-order valence-corrected chi connectivity index (χ3v) is 2.87. The highest BCUT2D eigenvalue weighted by Gasteiger charge is 2.39. The van der Waals surface area contributed by atoms with Gasteiger partial charge in [-0.1, -0.05) is 36.4 Å². The van der Waals surface area contributed by atoms with Gasteiger partial charge in [0.15, 0.2) is 0 Å². The number of carbonyl (C=O) groups excluding carboxylic acids is 1. The Morgan fingerprint density at radius 1 is 1.21 bits per heavy atom. The number of hydrogen-bond acceptors (Lipinski definition) is 2. The maximum absolute atomic E-state index is 13.8. The summed E-state index contributed by atoms with van der Waals surface area (Å²) in [4.78, 5) is 12.8. The van der Waals surface area contributed by atoms with Crippen LogP contribution in [0.5, 0.6) is 0 Å². The van der Waals surface area contributed by atoms with Crippen molar-refractivity contribution in [3.05, 3.63) is 42.0 Å². The van der Waals surface area contributed by atoms with Crippen LogP contribution in [0.25, 0.3) is 6.08 Å². The molecule has 0 saturated carbocycles. The first-order valence-electron chi connectivity index (χ1n) is 6.09. The Bertz CT molecular complexity index is 454. The number of rotatable bonds is 3. The van der Waals surface area contributed by atoms with E-state index >= 15 is 0 Å². The summed E-state index contributed by atoms with van der Waals surface area (Å²) in [5.74, 6) is -4.64. The molecule has 0 spiro atoms. The molecular weight excluding hydrogens is 252 g/mol. The summed E-state index contributed by atoms with van der Waals surface area (Å²) in [5.41, 5.74) is 0.636. The lowest BCUT2D eigenvalue weighted by atomic mass is 10.1. The molecule has 0 atom stereocenters. The Balaban J connectivity index is 2.04. The standard InChI is InChI=1S/C14H15F2NO2/c15-14(16,7-6-12-4-2-1-3-5-12)13(18)17-8-10-19-11-9-17/h1-7H,8-11H2/b7-6+. The molecule has 0 radical (unpaired) electrons. The van der Waals surface area contributed by atoms with E-state index in [0.29, 0.717) is 24.9 Å². The van der Waals surface area contributed by atoms with Gasteiger partial charge in [-0.25, -0.2) is 0 Å².